The summed E-state index contributed by atoms with van der Waals surface area (Å²) in [7, 11) is 0. The number of nitrogens with zero attached hydrogens (tertiary/aromatic N) is 2. The van der Waals surface area contributed by atoms with Gasteiger partial charge in [-0.3, -0.25) is 4.79 Å². The zero-order chi connectivity index (χ0) is 16.9. The molecule has 0 spiro atoms. The van der Waals surface area contributed by atoms with Crippen LogP contribution >= 0.6 is 0 Å². The minimum Gasteiger partial charge on any atom is -0.356 e. The topological polar surface area (TPSA) is 71.9 Å². The lowest BCUT2D eigenvalue weighted by molar-refractivity contribution is 0.0945. The first kappa shape index (κ1) is 16.3. The fourth-order valence-electron chi connectivity index (χ4n) is 3.35. The summed E-state index contributed by atoms with van der Waals surface area (Å²) < 4.78 is 0. The maximum Gasteiger partial charge on any atom is 0.267 e. The van der Waals surface area contributed by atoms with Crippen LogP contribution in [-0.4, -0.2) is 42.0 Å². The number of aryl methyl sites for hydroxylation is 1. The van der Waals surface area contributed by atoms with Gasteiger partial charge in [0.2, 0.25) is 0 Å². The highest BCUT2D eigenvalue weighted by molar-refractivity contribution is 5.92. The first-order valence-corrected chi connectivity index (χ1v) is 8.32. The number of hydrogen-bond acceptors (Lipinski definition) is 3. The van der Waals surface area contributed by atoms with Gasteiger partial charge in [0.15, 0.2) is 0 Å². The quantitative estimate of drug-likeness (QED) is 0.888. The van der Waals surface area contributed by atoms with E-state index >= 15 is 0 Å². The van der Waals surface area contributed by atoms with Crippen LogP contribution < -0.4 is 5.32 Å². The van der Waals surface area contributed by atoms with E-state index in [1.165, 1.54) is 17.5 Å². The summed E-state index contributed by atoms with van der Waals surface area (Å²) in [5.41, 5.74) is 3.71. The molecule has 1 atom stereocenters. The van der Waals surface area contributed by atoms with E-state index in [4.69, 9.17) is 5.26 Å². The van der Waals surface area contributed by atoms with E-state index < -0.39 is 0 Å². The number of amides is 1. The number of rotatable bonds is 5. The summed E-state index contributed by atoms with van der Waals surface area (Å²) in [5.74, 6) is 0.426. The largest absolute Gasteiger partial charge is 0.356 e. The molecule has 1 saturated heterocycles. The average molecular weight is 322 g/mol. The molecule has 0 saturated carbocycles. The Bertz CT molecular complexity index is 759. The van der Waals surface area contributed by atoms with E-state index in [1.807, 2.05) is 6.07 Å². The number of aromatic nitrogens is 1. The average Bonchev–Trinajstić information content (AvgIpc) is 3.24. The van der Waals surface area contributed by atoms with Gasteiger partial charge in [0.25, 0.3) is 5.91 Å². The highest BCUT2D eigenvalue weighted by atomic mass is 16.1. The fraction of sp³-hybridized carbons (Fsp3) is 0.368. The Morgan fingerprint density at radius 1 is 1.46 bits per heavy atom. The lowest BCUT2D eigenvalue weighted by atomic mass is 9.94. The highest BCUT2D eigenvalue weighted by Gasteiger charge is 2.24. The van der Waals surface area contributed by atoms with E-state index in [1.54, 1.807) is 12.3 Å². The number of likely N-dealkylation sites (tertiary alicyclic amines) is 1. The molecule has 0 radical (unpaired) electrons. The van der Waals surface area contributed by atoms with Gasteiger partial charge in [0.05, 0.1) is 5.56 Å². The van der Waals surface area contributed by atoms with Crippen LogP contribution in [0.25, 0.3) is 0 Å². The second-order valence-electron chi connectivity index (χ2n) is 6.31. The van der Waals surface area contributed by atoms with Crippen molar-refractivity contribution >= 4 is 5.91 Å². The number of nitrogens with one attached hydrogen (secondary N) is 2. The lowest BCUT2D eigenvalue weighted by Crippen LogP contribution is -2.34. The van der Waals surface area contributed by atoms with E-state index in [0.29, 0.717) is 23.7 Å². The van der Waals surface area contributed by atoms with Crippen molar-refractivity contribution in [3.8, 4) is 6.07 Å². The molecule has 24 heavy (non-hydrogen) atoms. The van der Waals surface area contributed by atoms with Crippen LogP contribution in [0.3, 0.4) is 0 Å². The molecule has 0 bridgehead atoms. The zero-order valence-electron chi connectivity index (χ0n) is 13.9. The first-order valence-electron chi connectivity index (χ1n) is 8.32. The van der Waals surface area contributed by atoms with Gasteiger partial charge in [-0.25, -0.2) is 0 Å². The minimum absolute atomic E-state index is 0.161. The number of hydrogen-bond donors (Lipinski definition) is 2. The third kappa shape index (κ3) is 3.66. The van der Waals surface area contributed by atoms with E-state index in [-0.39, 0.29) is 5.91 Å². The Labute approximate surface area is 142 Å². The fourth-order valence-corrected chi connectivity index (χ4v) is 3.35. The van der Waals surface area contributed by atoms with Crippen LogP contribution in [0.5, 0.6) is 0 Å². The SMILES string of the molecule is Cc1ccccc1C1CCN(CCNC(=O)c2cc(C#N)c[nH]2)C1. The molecule has 124 valence electrons. The molecule has 2 N–H and O–H groups in total. The molecule has 0 aliphatic carbocycles. The van der Waals surface area contributed by atoms with Crippen LogP contribution in [0.2, 0.25) is 0 Å². The Kier molecular flexibility index (Phi) is 4.97. The molecular formula is C19H22N4O. The smallest absolute Gasteiger partial charge is 0.267 e. The maximum absolute atomic E-state index is 12.0. The second-order valence-corrected chi connectivity index (χ2v) is 6.31. The summed E-state index contributed by atoms with van der Waals surface area (Å²) >= 11 is 0. The summed E-state index contributed by atoms with van der Waals surface area (Å²) in [6.45, 7) is 5.74. The van der Waals surface area contributed by atoms with Crippen LogP contribution in [0.15, 0.2) is 36.5 Å². The molecule has 3 rings (SSSR count). The number of H-pyrrole nitrogens is 1. The van der Waals surface area contributed by atoms with Gasteiger partial charge in [-0.1, -0.05) is 24.3 Å². The van der Waals surface area contributed by atoms with Crippen LogP contribution in [0, 0.1) is 18.3 Å². The predicted octanol–water partition coefficient (Wildman–Crippen LogP) is 2.41. The molecule has 1 aromatic heterocycles. The van der Waals surface area contributed by atoms with Gasteiger partial charge < -0.3 is 15.2 Å². The van der Waals surface area contributed by atoms with Gasteiger partial charge in [0, 0.05) is 25.8 Å². The van der Waals surface area contributed by atoms with Crippen molar-refractivity contribution in [3.05, 3.63) is 58.9 Å². The Morgan fingerprint density at radius 2 is 2.29 bits per heavy atom. The van der Waals surface area contributed by atoms with E-state index in [0.717, 1.165) is 19.6 Å². The molecule has 1 amide bonds. The minimum atomic E-state index is -0.161. The summed E-state index contributed by atoms with van der Waals surface area (Å²) in [6.07, 6.45) is 2.71. The summed E-state index contributed by atoms with van der Waals surface area (Å²) in [6, 6.07) is 12.2. The molecule has 1 fully saturated rings. The molecule has 5 nitrogen and oxygen atoms in total. The number of carbonyl (C=O) groups excluding carboxylic acids is 1. The number of benzene rings is 1. The Hall–Kier alpha value is -2.58. The molecule has 2 aromatic rings. The zero-order valence-corrected chi connectivity index (χ0v) is 13.9. The number of carbonyl (C=O) groups is 1. The van der Waals surface area contributed by atoms with Crippen LogP contribution in [0.1, 0.15) is 39.5 Å². The Morgan fingerprint density at radius 3 is 3.04 bits per heavy atom. The van der Waals surface area contributed by atoms with Gasteiger partial charge in [0.1, 0.15) is 11.8 Å². The van der Waals surface area contributed by atoms with Crippen LogP contribution in [0.4, 0.5) is 0 Å². The van der Waals surface area contributed by atoms with Crippen molar-refractivity contribution in [1.29, 1.82) is 5.26 Å². The summed E-state index contributed by atoms with van der Waals surface area (Å²) in [5, 5.41) is 11.7. The van der Waals surface area contributed by atoms with Crippen molar-refractivity contribution in [2.75, 3.05) is 26.2 Å². The lowest BCUT2D eigenvalue weighted by Gasteiger charge is -2.17. The molecule has 1 aliphatic rings. The van der Waals surface area contributed by atoms with Crippen molar-refractivity contribution in [3.63, 3.8) is 0 Å². The molecule has 1 aromatic carbocycles. The summed E-state index contributed by atoms with van der Waals surface area (Å²) in [4.78, 5) is 17.2. The second kappa shape index (κ2) is 7.33. The maximum atomic E-state index is 12.0. The van der Waals surface area contributed by atoms with Gasteiger partial charge in [-0.15, -0.1) is 0 Å². The highest BCUT2D eigenvalue weighted by Crippen LogP contribution is 2.28. The number of nitriles is 1. The van der Waals surface area contributed by atoms with Gasteiger partial charge in [-0.2, -0.15) is 5.26 Å². The van der Waals surface area contributed by atoms with Crippen molar-refractivity contribution in [2.45, 2.75) is 19.3 Å². The molecule has 5 heteroatoms. The van der Waals surface area contributed by atoms with E-state index in [2.05, 4.69) is 46.4 Å². The standard InChI is InChI=1S/C19H22N4O/c1-14-4-2-3-5-17(14)16-6-8-23(13-16)9-7-21-19(24)18-10-15(11-20)12-22-18/h2-5,10,12,16,22H,6-9,13H2,1H3,(H,21,24). The van der Waals surface area contributed by atoms with Crippen molar-refractivity contribution in [1.82, 2.24) is 15.2 Å². The van der Waals surface area contributed by atoms with Crippen molar-refractivity contribution < 1.29 is 4.79 Å². The first-order chi connectivity index (χ1) is 11.7. The molecule has 2 heterocycles. The van der Waals surface area contributed by atoms with E-state index in [9.17, 15) is 4.79 Å². The van der Waals surface area contributed by atoms with Crippen LogP contribution in [-0.2, 0) is 0 Å². The Balaban J connectivity index is 1.46. The molecular weight excluding hydrogens is 300 g/mol. The van der Waals surface area contributed by atoms with Gasteiger partial charge >= 0.3 is 0 Å². The van der Waals surface area contributed by atoms with Gasteiger partial charge in [-0.05, 0) is 43.0 Å². The normalized spacial score (nSPS) is 17.6. The number of aromatic amines is 1. The third-order valence-electron chi connectivity index (χ3n) is 4.67. The monoisotopic (exact) mass is 322 g/mol. The predicted molar refractivity (Wildman–Crippen MR) is 92.8 cm³/mol. The molecule has 1 unspecified atom stereocenters. The van der Waals surface area contributed by atoms with Crippen molar-refractivity contribution in [2.24, 2.45) is 0 Å². The third-order valence-corrected chi connectivity index (χ3v) is 4.67. The molecule has 1 aliphatic heterocycles.